The minimum Gasteiger partial charge on any atom is -0.347 e. The van der Waals surface area contributed by atoms with Crippen molar-refractivity contribution in [2.75, 3.05) is 5.32 Å². The lowest BCUT2D eigenvalue weighted by molar-refractivity contribution is 0.738. The van der Waals surface area contributed by atoms with Gasteiger partial charge in [-0.2, -0.15) is 0 Å². The quantitative estimate of drug-likeness (QED) is 0.895. The Morgan fingerprint density at radius 1 is 1.18 bits per heavy atom. The molecule has 4 heteroatoms. The lowest BCUT2D eigenvalue weighted by Crippen LogP contribution is -2.11. The molecule has 0 bridgehead atoms. The van der Waals surface area contributed by atoms with Crippen molar-refractivity contribution in [3.8, 4) is 0 Å². The third-order valence-electron chi connectivity index (χ3n) is 2.53. The number of benzene rings is 1. The van der Waals surface area contributed by atoms with Gasteiger partial charge in [-0.15, -0.1) is 0 Å². The predicted octanol–water partition coefficient (Wildman–Crippen LogP) is 3.69. The van der Waals surface area contributed by atoms with E-state index in [4.69, 9.17) is 11.6 Å². The molecule has 1 aromatic heterocycles. The molecular weight excluding hydrogens is 234 g/mol. The summed E-state index contributed by atoms with van der Waals surface area (Å²) in [7, 11) is 0. The second-order valence-corrected chi connectivity index (χ2v) is 4.18. The Hall–Kier alpha value is -1.61. The molecular formula is C13H14ClN3. The Morgan fingerprint density at radius 3 is 2.41 bits per heavy atom. The van der Waals surface area contributed by atoms with Gasteiger partial charge < -0.3 is 5.32 Å². The summed E-state index contributed by atoms with van der Waals surface area (Å²) in [6.45, 7) is 2.13. The average Bonchev–Trinajstić information content (AvgIpc) is 2.39. The van der Waals surface area contributed by atoms with Gasteiger partial charge in [0.2, 0.25) is 5.95 Å². The maximum atomic E-state index is 5.75. The Kier molecular flexibility index (Phi) is 3.94. The van der Waals surface area contributed by atoms with E-state index >= 15 is 0 Å². The first-order valence-corrected chi connectivity index (χ1v) is 5.96. The van der Waals surface area contributed by atoms with Crippen LogP contribution in [0.3, 0.4) is 0 Å². The summed E-state index contributed by atoms with van der Waals surface area (Å²) in [5, 5.41) is 3.84. The van der Waals surface area contributed by atoms with E-state index in [1.807, 2.05) is 18.2 Å². The highest BCUT2D eigenvalue weighted by atomic mass is 35.5. The molecule has 0 saturated heterocycles. The Morgan fingerprint density at radius 2 is 1.82 bits per heavy atom. The van der Waals surface area contributed by atoms with E-state index in [2.05, 4.69) is 34.3 Å². The second-order valence-electron chi connectivity index (χ2n) is 3.74. The average molecular weight is 248 g/mol. The van der Waals surface area contributed by atoms with Gasteiger partial charge in [-0.25, -0.2) is 9.97 Å². The number of halogens is 1. The third-order valence-corrected chi connectivity index (χ3v) is 2.73. The number of hydrogen-bond acceptors (Lipinski definition) is 3. The minimum atomic E-state index is 0.220. The molecule has 0 aliphatic rings. The van der Waals surface area contributed by atoms with Gasteiger partial charge in [-0.05, 0) is 12.0 Å². The fraction of sp³-hybridized carbons (Fsp3) is 0.231. The summed E-state index contributed by atoms with van der Waals surface area (Å²) in [5.74, 6) is 0.602. The van der Waals surface area contributed by atoms with E-state index in [0.717, 1.165) is 6.42 Å². The SMILES string of the molecule is CCC(Nc1ncc(Cl)cn1)c1ccccc1. The number of nitrogens with one attached hydrogen (secondary N) is 1. The van der Waals surface area contributed by atoms with E-state index in [0.29, 0.717) is 11.0 Å². The van der Waals surface area contributed by atoms with Gasteiger partial charge in [0.1, 0.15) is 0 Å². The van der Waals surface area contributed by atoms with Crippen LogP contribution in [-0.2, 0) is 0 Å². The lowest BCUT2D eigenvalue weighted by atomic mass is 10.1. The molecule has 0 fully saturated rings. The number of rotatable bonds is 4. The summed E-state index contributed by atoms with van der Waals surface area (Å²) in [4.78, 5) is 8.27. The first-order chi connectivity index (χ1) is 8.29. The molecule has 0 aliphatic heterocycles. The predicted molar refractivity (Wildman–Crippen MR) is 70.1 cm³/mol. The maximum absolute atomic E-state index is 5.75. The zero-order valence-electron chi connectivity index (χ0n) is 9.60. The molecule has 0 amide bonds. The van der Waals surface area contributed by atoms with Crippen LogP contribution in [0.15, 0.2) is 42.7 Å². The Labute approximate surface area is 106 Å². The molecule has 0 saturated carbocycles. The van der Waals surface area contributed by atoms with Crippen molar-refractivity contribution >= 4 is 17.5 Å². The zero-order valence-corrected chi connectivity index (χ0v) is 10.4. The zero-order chi connectivity index (χ0) is 12.1. The van der Waals surface area contributed by atoms with Crippen LogP contribution in [0.5, 0.6) is 0 Å². The van der Waals surface area contributed by atoms with E-state index in [1.54, 1.807) is 12.4 Å². The summed E-state index contributed by atoms with van der Waals surface area (Å²) in [6.07, 6.45) is 4.15. The molecule has 1 aromatic carbocycles. The monoisotopic (exact) mass is 247 g/mol. The van der Waals surface area contributed by atoms with E-state index in [1.165, 1.54) is 5.56 Å². The molecule has 2 aromatic rings. The van der Waals surface area contributed by atoms with Crippen LogP contribution < -0.4 is 5.32 Å². The highest BCUT2D eigenvalue weighted by Gasteiger charge is 2.09. The van der Waals surface area contributed by atoms with Crippen molar-refractivity contribution in [3.05, 3.63) is 53.3 Å². The number of hydrogen-bond donors (Lipinski definition) is 1. The molecule has 1 atom stereocenters. The fourth-order valence-electron chi connectivity index (χ4n) is 1.65. The molecule has 17 heavy (non-hydrogen) atoms. The number of aromatic nitrogens is 2. The summed E-state index contributed by atoms with van der Waals surface area (Å²) in [6, 6.07) is 10.5. The molecule has 0 aliphatic carbocycles. The van der Waals surface area contributed by atoms with Crippen LogP contribution in [0.2, 0.25) is 5.02 Å². The van der Waals surface area contributed by atoms with Gasteiger partial charge >= 0.3 is 0 Å². The van der Waals surface area contributed by atoms with Crippen molar-refractivity contribution in [2.24, 2.45) is 0 Å². The molecule has 88 valence electrons. The van der Waals surface area contributed by atoms with Crippen molar-refractivity contribution < 1.29 is 0 Å². The van der Waals surface area contributed by atoms with Gasteiger partial charge in [-0.1, -0.05) is 48.9 Å². The van der Waals surface area contributed by atoms with Crippen molar-refractivity contribution in [1.82, 2.24) is 9.97 Å². The smallest absolute Gasteiger partial charge is 0.223 e. The Bertz CT molecular complexity index is 456. The van der Waals surface area contributed by atoms with Crippen molar-refractivity contribution in [1.29, 1.82) is 0 Å². The summed E-state index contributed by atoms with van der Waals surface area (Å²) < 4.78 is 0. The molecule has 0 spiro atoms. The molecule has 1 N–H and O–H groups in total. The van der Waals surface area contributed by atoms with Crippen LogP contribution in [0.4, 0.5) is 5.95 Å². The Balaban J connectivity index is 2.13. The first-order valence-electron chi connectivity index (χ1n) is 5.58. The topological polar surface area (TPSA) is 37.8 Å². The molecule has 0 radical (unpaired) electrons. The van der Waals surface area contributed by atoms with Crippen LogP contribution in [-0.4, -0.2) is 9.97 Å². The van der Waals surface area contributed by atoms with Gasteiger partial charge in [0.05, 0.1) is 23.5 Å². The largest absolute Gasteiger partial charge is 0.347 e. The van der Waals surface area contributed by atoms with Crippen LogP contribution in [0, 0.1) is 0 Å². The van der Waals surface area contributed by atoms with Gasteiger partial charge in [0, 0.05) is 0 Å². The molecule has 2 rings (SSSR count). The van der Waals surface area contributed by atoms with E-state index < -0.39 is 0 Å². The number of anilines is 1. The highest BCUT2D eigenvalue weighted by molar-refractivity contribution is 6.30. The van der Waals surface area contributed by atoms with Crippen LogP contribution in [0.1, 0.15) is 24.9 Å². The van der Waals surface area contributed by atoms with Gasteiger partial charge in [0.15, 0.2) is 0 Å². The third kappa shape index (κ3) is 3.17. The fourth-order valence-corrected chi connectivity index (χ4v) is 1.75. The van der Waals surface area contributed by atoms with Crippen LogP contribution >= 0.6 is 11.6 Å². The highest BCUT2D eigenvalue weighted by Crippen LogP contribution is 2.20. The van der Waals surface area contributed by atoms with E-state index in [-0.39, 0.29) is 6.04 Å². The van der Waals surface area contributed by atoms with Crippen molar-refractivity contribution in [2.45, 2.75) is 19.4 Å². The van der Waals surface area contributed by atoms with Gasteiger partial charge in [-0.3, -0.25) is 0 Å². The molecule has 1 unspecified atom stereocenters. The standard InChI is InChI=1S/C13H14ClN3/c1-2-12(10-6-4-3-5-7-10)17-13-15-8-11(14)9-16-13/h3-9,12H,2H2,1H3,(H,15,16,17). The normalized spacial score (nSPS) is 12.1. The maximum Gasteiger partial charge on any atom is 0.223 e. The minimum absolute atomic E-state index is 0.220. The summed E-state index contributed by atoms with van der Waals surface area (Å²) in [5.41, 5.74) is 1.23. The second kappa shape index (κ2) is 5.64. The number of nitrogens with zero attached hydrogens (tertiary/aromatic N) is 2. The lowest BCUT2D eigenvalue weighted by Gasteiger charge is -2.17. The van der Waals surface area contributed by atoms with Gasteiger partial charge in [0.25, 0.3) is 0 Å². The summed E-state index contributed by atoms with van der Waals surface area (Å²) >= 11 is 5.75. The first kappa shape index (κ1) is 11.9. The van der Waals surface area contributed by atoms with Crippen molar-refractivity contribution in [3.63, 3.8) is 0 Å². The van der Waals surface area contributed by atoms with Crippen LogP contribution in [0.25, 0.3) is 0 Å². The molecule has 3 nitrogen and oxygen atoms in total. The van der Waals surface area contributed by atoms with E-state index in [9.17, 15) is 0 Å². The molecule has 1 heterocycles.